The van der Waals surface area contributed by atoms with Crippen molar-refractivity contribution in [2.45, 2.75) is 71.6 Å². The zero-order chi connectivity index (χ0) is 28.4. The lowest BCUT2D eigenvalue weighted by atomic mass is 9.92. The van der Waals surface area contributed by atoms with E-state index in [9.17, 15) is 0 Å². The molecule has 6 heteroatoms. The smallest absolute Gasteiger partial charge is 0.148 e. The Morgan fingerprint density at radius 1 is 0.927 bits per heavy atom. The summed E-state index contributed by atoms with van der Waals surface area (Å²) in [4.78, 5) is 7.66. The number of imidazole rings is 1. The third kappa shape index (κ3) is 8.34. The number of halogens is 1. The molecule has 2 heterocycles. The van der Waals surface area contributed by atoms with Gasteiger partial charge in [-0.25, -0.2) is 4.98 Å². The molecule has 3 aromatic carbocycles. The van der Waals surface area contributed by atoms with Crippen LogP contribution in [0.15, 0.2) is 72.8 Å². The molecule has 0 radical (unpaired) electrons. The van der Waals surface area contributed by atoms with E-state index in [4.69, 9.17) is 21.3 Å². The van der Waals surface area contributed by atoms with Gasteiger partial charge in [-0.15, -0.1) is 0 Å². The Morgan fingerprint density at radius 3 is 2.49 bits per heavy atom. The topological polar surface area (TPSA) is 42.3 Å². The third-order valence-corrected chi connectivity index (χ3v) is 8.85. The van der Waals surface area contributed by atoms with Gasteiger partial charge in [-0.2, -0.15) is 0 Å². The number of likely N-dealkylation sites (tertiary alicyclic amines) is 1. The minimum atomic E-state index is 0.420. The quantitative estimate of drug-likeness (QED) is 0.155. The number of nitrogens with zero attached hydrogens (tertiary/aromatic N) is 3. The van der Waals surface area contributed by atoms with E-state index in [0.717, 1.165) is 36.1 Å². The first-order valence-electron chi connectivity index (χ1n) is 15.4. The van der Waals surface area contributed by atoms with E-state index in [2.05, 4.69) is 77.2 Å². The van der Waals surface area contributed by atoms with Crippen LogP contribution < -0.4 is 10.1 Å². The van der Waals surface area contributed by atoms with Crippen molar-refractivity contribution in [2.75, 3.05) is 26.2 Å². The van der Waals surface area contributed by atoms with Crippen molar-refractivity contribution >= 4 is 22.6 Å². The second kappa shape index (κ2) is 14.9. The molecule has 0 unspecified atom stereocenters. The Balaban J connectivity index is 1.03. The number of aromatic nitrogens is 2. The molecule has 41 heavy (non-hydrogen) atoms. The van der Waals surface area contributed by atoms with E-state index in [1.165, 1.54) is 74.8 Å². The number of nitrogens with one attached hydrogen (secondary N) is 1. The molecule has 1 fully saturated rings. The number of aryl methyl sites for hydroxylation is 2. The number of piperidine rings is 1. The Bertz CT molecular complexity index is 1350. The van der Waals surface area contributed by atoms with Gasteiger partial charge >= 0.3 is 0 Å². The Kier molecular flexibility index (Phi) is 10.7. The van der Waals surface area contributed by atoms with E-state index in [1.807, 2.05) is 24.3 Å². The second-order valence-corrected chi connectivity index (χ2v) is 12.0. The van der Waals surface area contributed by atoms with E-state index >= 15 is 0 Å². The molecule has 218 valence electrons. The number of rotatable bonds is 14. The normalized spacial score (nSPS) is 15.4. The molecule has 0 spiro atoms. The van der Waals surface area contributed by atoms with Crippen molar-refractivity contribution in [1.29, 1.82) is 0 Å². The van der Waals surface area contributed by atoms with Gasteiger partial charge in [0.15, 0.2) is 0 Å². The van der Waals surface area contributed by atoms with Crippen LogP contribution in [0.2, 0.25) is 5.02 Å². The van der Waals surface area contributed by atoms with Gasteiger partial charge in [0.05, 0.1) is 11.0 Å². The van der Waals surface area contributed by atoms with Crippen LogP contribution in [0.1, 0.15) is 68.4 Å². The average molecular weight is 573 g/mol. The van der Waals surface area contributed by atoms with E-state index in [0.29, 0.717) is 17.7 Å². The fourth-order valence-electron chi connectivity index (χ4n) is 6.05. The molecule has 1 aromatic heterocycles. The van der Waals surface area contributed by atoms with Crippen molar-refractivity contribution in [2.24, 2.45) is 5.92 Å². The van der Waals surface area contributed by atoms with Crippen molar-refractivity contribution in [3.63, 3.8) is 0 Å². The van der Waals surface area contributed by atoms with E-state index in [-0.39, 0.29) is 0 Å². The number of benzene rings is 3. The lowest BCUT2D eigenvalue weighted by molar-refractivity contribution is 0.174. The molecular weight excluding hydrogens is 528 g/mol. The molecule has 1 aliphatic heterocycles. The fraction of sp³-hybridized carbons (Fsp3) is 0.457. The van der Waals surface area contributed by atoms with Gasteiger partial charge in [-0.05, 0) is 126 Å². The minimum Gasteiger partial charge on any atom is -0.486 e. The van der Waals surface area contributed by atoms with Crippen molar-refractivity contribution in [1.82, 2.24) is 19.8 Å². The summed E-state index contributed by atoms with van der Waals surface area (Å²) in [5.41, 5.74) is 4.87. The average Bonchev–Trinajstić information content (AvgIpc) is 3.36. The van der Waals surface area contributed by atoms with Crippen LogP contribution in [0.5, 0.6) is 5.75 Å². The molecule has 1 atom stereocenters. The summed E-state index contributed by atoms with van der Waals surface area (Å²) in [6.07, 6.45) is 7.59. The fourth-order valence-corrected chi connectivity index (χ4v) is 6.17. The molecular formula is C35H45ClN4O. The van der Waals surface area contributed by atoms with Crippen molar-refractivity contribution in [3.8, 4) is 5.75 Å². The Hall–Kier alpha value is -2.86. The zero-order valence-electron chi connectivity index (χ0n) is 24.7. The minimum absolute atomic E-state index is 0.420. The summed E-state index contributed by atoms with van der Waals surface area (Å²) < 4.78 is 8.47. The summed E-state index contributed by atoms with van der Waals surface area (Å²) in [5.74, 6) is 2.63. The van der Waals surface area contributed by atoms with Gasteiger partial charge in [0.25, 0.3) is 0 Å². The molecule has 0 amide bonds. The maximum absolute atomic E-state index is 6.09. The lowest BCUT2D eigenvalue weighted by Crippen LogP contribution is -2.34. The first kappa shape index (κ1) is 29.6. The molecule has 0 aliphatic carbocycles. The molecule has 1 aliphatic rings. The molecule has 1 saturated heterocycles. The lowest BCUT2D eigenvalue weighted by Gasteiger charge is -2.32. The summed E-state index contributed by atoms with van der Waals surface area (Å²) in [5, 5.41) is 4.39. The van der Waals surface area contributed by atoms with Crippen molar-refractivity contribution < 1.29 is 4.74 Å². The molecule has 0 saturated carbocycles. The Labute approximate surface area is 250 Å². The maximum Gasteiger partial charge on any atom is 0.148 e. The van der Waals surface area contributed by atoms with Gasteiger partial charge in [0.2, 0.25) is 0 Å². The number of hydrogen-bond acceptors (Lipinski definition) is 4. The van der Waals surface area contributed by atoms with Crippen LogP contribution in [0.3, 0.4) is 0 Å². The number of unbranched alkanes of at least 4 members (excludes halogenated alkanes) is 1. The first-order chi connectivity index (χ1) is 20.1. The van der Waals surface area contributed by atoms with Crippen LogP contribution in [-0.2, 0) is 13.2 Å². The number of hydrogen-bond donors (Lipinski definition) is 1. The van der Waals surface area contributed by atoms with Crippen LogP contribution >= 0.6 is 11.6 Å². The SMILES string of the molecule is Cc1cccc2c1nc(COc1ccc(Cl)cc1)n2CCCC1CCN(CCCCN[C@@H](C)c2ccccc2)CC1. The third-order valence-electron chi connectivity index (χ3n) is 8.59. The van der Waals surface area contributed by atoms with Crippen LogP contribution in [0.4, 0.5) is 0 Å². The molecule has 1 N–H and O–H groups in total. The largest absolute Gasteiger partial charge is 0.486 e. The van der Waals surface area contributed by atoms with E-state index < -0.39 is 0 Å². The predicted octanol–water partition coefficient (Wildman–Crippen LogP) is 8.20. The Morgan fingerprint density at radius 2 is 1.71 bits per heavy atom. The summed E-state index contributed by atoms with van der Waals surface area (Å²) in [6.45, 7) is 10.6. The zero-order valence-corrected chi connectivity index (χ0v) is 25.5. The standard InChI is InChI=1S/C35H45ClN4O/c1-27-10-8-14-33-35(27)38-34(26-41-32-17-15-31(36)16-18-32)40(33)23-9-11-29-19-24-39(25-20-29)22-7-6-21-37-28(2)30-12-4-3-5-13-30/h3-5,8,10,12-18,28-29,37H,6-7,9,11,19-26H2,1-2H3/t28-/m0/s1. The summed E-state index contributed by atoms with van der Waals surface area (Å²) in [7, 11) is 0. The number of fused-ring (bicyclic) bond motifs is 1. The second-order valence-electron chi connectivity index (χ2n) is 11.6. The molecule has 5 rings (SSSR count). The van der Waals surface area contributed by atoms with Gasteiger partial charge in [-0.1, -0.05) is 54.1 Å². The van der Waals surface area contributed by atoms with Gasteiger partial charge in [0, 0.05) is 17.6 Å². The maximum atomic E-state index is 6.09. The summed E-state index contributed by atoms with van der Waals surface area (Å²) in [6, 6.07) is 25.2. The first-order valence-corrected chi connectivity index (χ1v) is 15.8. The molecule has 5 nitrogen and oxygen atoms in total. The van der Waals surface area contributed by atoms with E-state index in [1.54, 1.807) is 0 Å². The highest BCUT2D eigenvalue weighted by Crippen LogP contribution is 2.26. The molecule has 4 aromatic rings. The highest BCUT2D eigenvalue weighted by Gasteiger charge is 2.19. The van der Waals surface area contributed by atoms with Crippen LogP contribution in [0, 0.1) is 12.8 Å². The highest BCUT2D eigenvalue weighted by molar-refractivity contribution is 6.30. The van der Waals surface area contributed by atoms with Gasteiger partial charge < -0.3 is 19.5 Å². The van der Waals surface area contributed by atoms with Gasteiger partial charge in [-0.3, -0.25) is 0 Å². The number of ether oxygens (including phenoxy) is 1. The van der Waals surface area contributed by atoms with Crippen LogP contribution in [-0.4, -0.2) is 40.6 Å². The van der Waals surface area contributed by atoms with Gasteiger partial charge in [0.1, 0.15) is 18.2 Å². The van der Waals surface area contributed by atoms with Crippen LogP contribution in [0.25, 0.3) is 11.0 Å². The monoisotopic (exact) mass is 572 g/mol. The summed E-state index contributed by atoms with van der Waals surface area (Å²) >= 11 is 6.04. The molecule has 0 bridgehead atoms. The predicted molar refractivity (Wildman–Crippen MR) is 171 cm³/mol. The van der Waals surface area contributed by atoms with Crippen molar-refractivity contribution in [3.05, 3.63) is 94.8 Å². The number of para-hydroxylation sites is 1. The highest BCUT2D eigenvalue weighted by atomic mass is 35.5.